The number of imidazole rings is 1. The van der Waals surface area contributed by atoms with Crippen molar-refractivity contribution >= 4 is 22.0 Å². The van der Waals surface area contributed by atoms with E-state index in [0.29, 0.717) is 29.1 Å². The molecule has 1 heterocycles. The Kier molecular flexibility index (Phi) is 5.02. The molecule has 28 heavy (non-hydrogen) atoms. The van der Waals surface area contributed by atoms with E-state index < -0.39 is 22.6 Å². The molecule has 7 heteroatoms. The fraction of sp³-hybridized carbons (Fsp3) is 0.0952. The van der Waals surface area contributed by atoms with Crippen molar-refractivity contribution in [3.8, 4) is 11.1 Å². The molecule has 1 atom stereocenters. The molecule has 0 aliphatic heterocycles. The number of aromatic nitrogens is 2. The van der Waals surface area contributed by atoms with Crippen LogP contribution in [0.2, 0.25) is 0 Å². The molecule has 0 saturated heterocycles. The van der Waals surface area contributed by atoms with Gasteiger partial charge in [0.05, 0.1) is 15.9 Å². The SMILES string of the molecule is NS(=O)c1ccccc1-c1ccc2nc(CCc3ccc(F)cc3F)[nH]c2c1. The highest BCUT2D eigenvalue weighted by Gasteiger charge is 2.11. The standard InChI is InChI=1S/C21H17F2N3OS/c22-15-8-5-13(17(23)12-15)7-10-21-25-18-9-6-14(11-19(18)26-21)16-3-1-2-4-20(16)28(24)27/h1-6,8-9,11-12H,7,10,24H2,(H,25,26). The maximum absolute atomic E-state index is 13.8. The lowest BCUT2D eigenvalue weighted by atomic mass is 10.1. The van der Waals surface area contributed by atoms with Crippen molar-refractivity contribution in [3.05, 3.63) is 83.7 Å². The Hall–Kier alpha value is -2.90. The summed E-state index contributed by atoms with van der Waals surface area (Å²) in [6.07, 6.45) is 0.906. The van der Waals surface area contributed by atoms with Gasteiger partial charge in [0, 0.05) is 12.5 Å². The number of nitrogens with two attached hydrogens (primary N) is 1. The molecule has 0 saturated carbocycles. The van der Waals surface area contributed by atoms with Crippen LogP contribution in [0.15, 0.2) is 65.6 Å². The van der Waals surface area contributed by atoms with Gasteiger partial charge in [-0.3, -0.25) is 0 Å². The van der Waals surface area contributed by atoms with E-state index in [0.717, 1.165) is 28.2 Å². The van der Waals surface area contributed by atoms with Crippen molar-refractivity contribution in [2.75, 3.05) is 0 Å². The number of aromatic amines is 1. The molecule has 4 aromatic rings. The van der Waals surface area contributed by atoms with Gasteiger partial charge in [-0.15, -0.1) is 0 Å². The normalized spacial score (nSPS) is 12.4. The van der Waals surface area contributed by atoms with E-state index in [2.05, 4.69) is 9.97 Å². The van der Waals surface area contributed by atoms with Gasteiger partial charge in [-0.05, 0) is 47.4 Å². The lowest BCUT2D eigenvalue weighted by Gasteiger charge is -2.06. The molecule has 0 fully saturated rings. The molecule has 142 valence electrons. The smallest absolute Gasteiger partial charge is 0.129 e. The van der Waals surface area contributed by atoms with Crippen molar-refractivity contribution in [1.82, 2.24) is 9.97 Å². The molecular weight excluding hydrogens is 380 g/mol. The highest BCUT2D eigenvalue weighted by Crippen LogP contribution is 2.28. The van der Waals surface area contributed by atoms with Gasteiger partial charge in [-0.1, -0.05) is 30.3 Å². The quantitative estimate of drug-likeness (QED) is 0.528. The third-order valence-corrected chi connectivity index (χ3v) is 5.38. The Bertz CT molecular complexity index is 1190. The number of aryl methyl sites for hydroxylation is 2. The van der Waals surface area contributed by atoms with Crippen LogP contribution in [0.5, 0.6) is 0 Å². The Morgan fingerprint density at radius 2 is 1.82 bits per heavy atom. The molecule has 3 N–H and O–H groups in total. The van der Waals surface area contributed by atoms with Crippen LogP contribution in [0.4, 0.5) is 8.78 Å². The largest absolute Gasteiger partial charge is 0.342 e. The Balaban J connectivity index is 1.61. The maximum atomic E-state index is 13.8. The first-order valence-corrected chi connectivity index (χ1v) is 9.91. The van der Waals surface area contributed by atoms with Crippen molar-refractivity contribution in [1.29, 1.82) is 0 Å². The predicted molar refractivity (Wildman–Crippen MR) is 106 cm³/mol. The molecule has 1 unspecified atom stereocenters. The Morgan fingerprint density at radius 1 is 1.00 bits per heavy atom. The Morgan fingerprint density at radius 3 is 2.61 bits per heavy atom. The minimum absolute atomic E-state index is 0.410. The molecule has 0 amide bonds. The lowest BCUT2D eigenvalue weighted by Crippen LogP contribution is -2.04. The Labute approximate surface area is 163 Å². The van der Waals surface area contributed by atoms with Crippen molar-refractivity contribution < 1.29 is 13.0 Å². The number of nitrogens with zero attached hydrogens (tertiary/aromatic N) is 1. The van der Waals surface area contributed by atoms with Gasteiger partial charge in [0.2, 0.25) is 0 Å². The van der Waals surface area contributed by atoms with Crippen LogP contribution in [0, 0.1) is 11.6 Å². The summed E-state index contributed by atoms with van der Waals surface area (Å²) in [6, 6.07) is 16.6. The number of benzene rings is 3. The molecule has 1 aromatic heterocycles. The fourth-order valence-electron chi connectivity index (χ4n) is 3.21. The first-order valence-electron chi connectivity index (χ1n) is 8.69. The minimum atomic E-state index is -1.59. The third-order valence-electron chi connectivity index (χ3n) is 4.59. The molecule has 4 rings (SSSR count). The number of fused-ring (bicyclic) bond motifs is 1. The third kappa shape index (κ3) is 3.72. The van der Waals surface area contributed by atoms with E-state index in [1.165, 1.54) is 12.1 Å². The molecular formula is C21H17F2N3OS. The molecule has 0 spiro atoms. The zero-order valence-corrected chi connectivity index (χ0v) is 15.6. The average molecular weight is 397 g/mol. The van der Waals surface area contributed by atoms with E-state index in [1.54, 1.807) is 12.1 Å². The summed E-state index contributed by atoms with van der Waals surface area (Å²) >= 11 is 0. The zero-order chi connectivity index (χ0) is 19.7. The first-order chi connectivity index (χ1) is 13.5. The summed E-state index contributed by atoms with van der Waals surface area (Å²) in [5.41, 5.74) is 3.73. The topological polar surface area (TPSA) is 71.8 Å². The number of nitrogens with one attached hydrogen (secondary N) is 1. The maximum Gasteiger partial charge on any atom is 0.129 e. The van der Waals surface area contributed by atoms with E-state index in [4.69, 9.17) is 5.14 Å². The highest BCUT2D eigenvalue weighted by atomic mass is 32.2. The monoisotopic (exact) mass is 397 g/mol. The van der Waals surface area contributed by atoms with Crippen molar-refractivity contribution in [2.45, 2.75) is 17.7 Å². The molecule has 0 aliphatic carbocycles. The van der Waals surface area contributed by atoms with Crippen LogP contribution >= 0.6 is 0 Å². The number of halogens is 2. The van der Waals surface area contributed by atoms with Gasteiger partial charge in [0.15, 0.2) is 0 Å². The summed E-state index contributed by atoms with van der Waals surface area (Å²) in [7, 11) is -1.59. The minimum Gasteiger partial charge on any atom is -0.342 e. The summed E-state index contributed by atoms with van der Waals surface area (Å²) in [6.45, 7) is 0. The van der Waals surface area contributed by atoms with Gasteiger partial charge >= 0.3 is 0 Å². The highest BCUT2D eigenvalue weighted by molar-refractivity contribution is 7.82. The lowest BCUT2D eigenvalue weighted by molar-refractivity contribution is 0.571. The van der Waals surface area contributed by atoms with Gasteiger partial charge in [-0.25, -0.2) is 23.1 Å². The van der Waals surface area contributed by atoms with Crippen LogP contribution in [0.1, 0.15) is 11.4 Å². The van der Waals surface area contributed by atoms with E-state index in [1.807, 2.05) is 30.3 Å². The molecule has 3 aromatic carbocycles. The zero-order valence-electron chi connectivity index (χ0n) is 14.8. The number of hydrogen-bond acceptors (Lipinski definition) is 2. The van der Waals surface area contributed by atoms with Crippen LogP contribution in [-0.2, 0) is 23.8 Å². The van der Waals surface area contributed by atoms with E-state index >= 15 is 0 Å². The van der Waals surface area contributed by atoms with Gasteiger partial charge < -0.3 is 4.98 Å². The van der Waals surface area contributed by atoms with Crippen molar-refractivity contribution in [2.24, 2.45) is 5.14 Å². The second-order valence-corrected chi connectivity index (χ2v) is 7.48. The summed E-state index contributed by atoms with van der Waals surface area (Å²) in [4.78, 5) is 8.33. The van der Waals surface area contributed by atoms with Crippen LogP contribution in [0.25, 0.3) is 22.2 Å². The van der Waals surface area contributed by atoms with Crippen LogP contribution in [0.3, 0.4) is 0 Å². The average Bonchev–Trinajstić information content (AvgIpc) is 3.09. The van der Waals surface area contributed by atoms with E-state index in [9.17, 15) is 13.0 Å². The predicted octanol–water partition coefficient (Wildman–Crippen LogP) is 4.27. The van der Waals surface area contributed by atoms with Gasteiger partial charge in [0.25, 0.3) is 0 Å². The number of H-pyrrole nitrogens is 1. The molecule has 4 nitrogen and oxygen atoms in total. The summed E-state index contributed by atoms with van der Waals surface area (Å²) < 4.78 is 38.6. The van der Waals surface area contributed by atoms with Crippen molar-refractivity contribution in [3.63, 3.8) is 0 Å². The molecule has 0 bridgehead atoms. The molecule has 0 aliphatic rings. The second-order valence-electron chi connectivity index (χ2n) is 6.44. The number of hydrogen-bond donors (Lipinski definition) is 2. The molecule has 0 radical (unpaired) electrons. The van der Waals surface area contributed by atoms with Crippen LogP contribution < -0.4 is 5.14 Å². The first kappa shape index (κ1) is 18.5. The second kappa shape index (κ2) is 7.61. The number of rotatable bonds is 5. The van der Waals surface area contributed by atoms with Gasteiger partial charge in [-0.2, -0.15) is 0 Å². The fourth-order valence-corrected chi connectivity index (χ4v) is 3.82. The van der Waals surface area contributed by atoms with E-state index in [-0.39, 0.29) is 0 Å². The van der Waals surface area contributed by atoms with Gasteiger partial charge in [0.1, 0.15) is 28.4 Å². The summed E-state index contributed by atoms with van der Waals surface area (Å²) in [5.74, 6) is -0.424. The summed E-state index contributed by atoms with van der Waals surface area (Å²) in [5, 5.41) is 5.58. The van der Waals surface area contributed by atoms with Crippen LogP contribution in [-0.4, -0.2) is 14.2 Å².